The van der Waals surface area contributed by atoms with Crippen LogP contribution in [0.2, 0.25) is 5.02 Å². The van der Waals surface area contributed by atoms with Crippen LogP contribution in [0.25, 0.3) is 4.96 Å². The summed E-state index contributed by atoms with van der Waals surface area (Å²) < 4.78 is 2.00. The first kappa shape index (κ1) is 12.2. The van der Waals surface area contributed by atoms with Crippen LogP contribution in [-0.4, -0.2) is 15.6 Å². The minimum Gasteiger partial charge on any atom is -0.304 e. The van der Waals surface area contributed by atoms with Crippen molar-refractivity contribution in [1.82, 2.24) is 14.8 Å². The number of benzene rings is 1. The second kappa shape index (κ2) is 5.42. The normalized spacial score (nSPS) is 11.4. The standard InChI is InChI=1S/C13H11ClN4S/c14-11-3-1-10(2-4-11)7-15-16-8-12-9-18-5-6-19-13(18)17-12/h1-7,9,16H,8H2. The van der Waals surface area contributed by atoms with Crippen LogP contribution in [0.15, 0.2) is 47.1 Å². The fraction of sp³-hybridized carbons (Fsp3) is 0.0769. The van der Waals surface area contributed by atoms with Gasteiger partial charge in [-0.2, -0.15) is 5.10 Å². The molecule has 0 aliphatic heterocycles. The van der Waals surface area contributed by atoms with Crippen LogP contribution in [0.3, 0.4) is 0 Å². The van der Waals surface area contributed by atoms with Gasteiger partial charge in [0, 0.05) is 22.8 Å². The smallest absolute Gasteiger partial charge is 0.193 e. The highest BCUT2D eigenvalue weighted by Gasteiger charge is 2.00. The predicted octanol–water partition coefficient (Wildman–Crippen LogP) is 3.17. The zero-order chi connectivity index (χ0) is 13.1. The van der Waals surface area contributed by atoms with Gasteiger partial charge in [-0.1, -0.05) is 23.7 Å². The van der Waals surface area contributed by atoms with Crippen molar-refractivity contribution >= 4 is 34.1 Å². The van der Waals surface area contributed by atoms with Crippen molar-refractivity contribution in [2.24, 2.45) is 5.10 Å². The maximum atomic E-state index is 5.81. The molecule has 2 aromatic heterocycles. The molecule has 19 heavy (non-hydrogen) atoms. The largest absolute Gasteiger partial charge is 0.304 e. The van der Waals surface area contributed by atoms with Gasteiger partial charge in [0.05, 0.1) is 18.5 Å². The third-order valence-electron chi connectivity index (χ3n) is 2.58. The Labute approximate surface area is 119 Å². The first-order valence-corrected chi connectivity index (χ1v) is 6.99. The van der Waals surface area contributed by atoms with E-state index >= 15 is 0 Å². The number of fused-ring (bicyclic) bond motifs is 1. The number of hydrogen-bond donors (Lipinski definition) is 1. The van der Waals surface area contributed by atoms with E-state index in [0.717, 1.165) is 21.2 Å². The van der Waals surface area contributed by atoms with E-state index in [0.29, 0.717) is 6.54 Å². The van der Waals surface area contributed by atoms with Crippen LogP contribution in [-0.2, 0) is 6.54 Å². The van der Waals surface area contributed by atoms with Crippen LogP contribution >= 0.6 is 22.9 Å². The Bertz CT molecular complexity index is 670. The molecule has 1 N–H and O–H groups in total. The summed E-state index contributed by atoms with van der Waals surface area (Å²) in [5.41, 5.74) is 4.96. The zero-order valence-corrected chi connectivity index (χ0v) is 11.5. The van der Waals surface area contributed by atoms with Crippen molar-refractivity contribution in [3.63, 3.8) is 0 Å². The molecule has 1 aromatic carbocycles. The molecule has 0 radical (unpaired) electrons. The van der Waals surface area contributed by atoms with Crippen LogP contribution in [0.1, 0.15) is 11.3 Å². The summed E-state index contributed by atoms with van der Waals surface area (Å²) in [7, 11) is 0. The number of nitrogens with one attached hydrogen (secondary N) is 1. The average molecular weight is 291 g/mol. The van der Waals surface area contributed by atoms with E-state index in [-0.39, 0.29) is 0 Å². The van der Waals surface area contributed by atoms with Gasteiger partial charge in [0.15, 0.2) is 4.96 Å². The Kier molecular flexibility index (Phi) is 3.48. The van der Waals surface area contributed by atoms with E-state index < -0.39 is 0 Å². The lowest BCUT2D eigenvalue weighted by Crippen LogP contribution is -2.05. The highest BCUT2D eigenvalue weighted by molar-refractivity contribution is 7.15. The fourth-order valence-electron chi connectivity index (χ4n) is 1.66. The highest BCUT2D eigenvalue weighted by atomic mass is 35.5. The van der Waals surface area contributed by atoms with E-state index in [2.05, 4.69) is 15.5 Å². The Morgan fingerprint density at radius 1 is 1.37 bits per heavy atom. The molecule has 3 rings (SSSR count). The molecular formula is C13H11ClN4S. The second-order valence-electron chi connectivity index (χ2n) is 3.97. The monoisotopic (exact) mass is 290 g/mol. The Hall–Kier alpha value is -1.85. The fourth-order valence-corrected chi connectivity index (χ4v) is 2.50. The number of imidazole rings is 1. The molecule has 0 atom stereocenters. The minimum atomic E-state index is 0.610. The lowest BCUT2D eigenvalue weighted by molar-refractivity contribution is 0.734. The van der Waals surface area contributed by atoms with Gasteiger partial charge in [-0.3, -0.25) is 4.40 Å². The van der Waals surface area contributed by atoms with Gasteiger partial charge in [0.2, 0.25) is 0 Å². The van der Waals surface area contributed by atoms with Gasteiger partial charge < -0.3 is 5.43 Å². The van der Waals surface area contributed by atoms with Crippen LogP contribution in [0.5, 0.6) is 0 Å². The predicted molar refractivity (Wildman–Crippen MR) is 79.0 cm³/mol. The summed E-state index contributed by atoms with van der Waals surface area (Å²) in [5, 5.41) is 6.89. The molecule has 0 aliphatic carbocycles. The molecule has 0 fully saturated rings. The number of halogens is 1. The van der Waals surface area contributed by atoms with Gasteiger partial charge >= 0.3 is 0 Å². The Morgan fingerprint density at radius 2 is 2.21 bits per heavy atom. The highest BCUT2D eigenvalue weighted by Crippen LogP contribution is 2.11. The van der Waals surface area contributed by atoms with E-state index in [1.165, 1.54) is 0 Å². The van der Waals surface area contributed by atoms with Gasteiger partial charge in [-0.15, -0.1) is 11.3 Å². The number of aromatic nitrogens is 2. The molecule has 0 amide bonds. The Morgan fingerprint density at radius 3 is 3.00 bits per heavy atom. The van der Waals surface area contributed by atoms with E-state index in [1.54, 1.807) is 17.6 Å². The maximum Gasteiger partial charge on any atom is 0.193 e. The van der Waals surface area contributed by atoms with Crippen molar-refractivity contribution in [3.8, 4) is 0 Å². The molecule has 96 valence electrons. The van der Waals surface area contributed by atoms with Crippen LogP contribution < -0.4 is 5.43 Å². The molecule has 0 unspecified atom stereocenters. The van der Waals surface area contributed by atoms with Crippen molar-refractivity contribution in [2.75, 3.05) is 0 Å². The van der Waals surface area contributed by atoms with Crippen molar-refractivity contribution < 1.29 is 0 Å². The second-order valence-corrected chi connectivity index (χ2v) is 5.28. The first-order valence-electron chi connectivity index (χ1n) is 5.74. The molecule has 0 saturated heterocycles. The summed E-state index contributed by atoms with van der Waals surface area (Å²) in [6, 6.07) is 7.51. The Balaban J connectivity index is 1.57. The van der Waals surface area contributed by atoms with Crippen LogP contribution in [0.4, 0.5) is 0 Å². The molecule has 0 bridgehead atoms. The summed E-state index contributed by atoms with van der Waals surface area (Å²) in [6.45, 7) is 0.610. The summed E-state index contributed by atoms with van der Waals surface area (Å²) >= 11 is 7.43. The van der Waals surface area contributed by atoms with Gasteiger partial charge in [0.1, 0.15) is 0 Å². The van der Waals surface area contributed by atoms with Crippen LogP contribution in [0, 0.1) is 0 Å². The van der Waals surface area contributed by atoms with Gasteiger partial charge in [-0.25, -0.2) is 4.98 Å². The lowest BCUT2D eigenvalue weighted by atomic mass is 10.2. The first-order chi connectivity index (χ1) is 9.31. The summed E-state index contributed by atoms with van der Waals surface area (Å²) in [4.78, 5) is 5.46. The number of hydrazone groups is 1. The van der Waals surface area contributed by atoms with Gasteiger partial charge in [0.25, 0.3) is 0 Å². The SMILES string of the molecule is Clc1ccc(C=NNCc2cn3ccsc3n2)cc1. The molecule has 0 spiro atoms. The zero-order valence-electron chi connectivity index (χ0n) is 9.95. The average Bonchev–Trinajstić information content (AvgIpc) is 2.97. The maximum absolute atomic E-state index is 5.81. The van der Waals surface area contributed by atoms with Gasteiger partial charge in [-0.05, 0) is 17.7 Å². The molecule has 0 aliphatic rings. The van der Waals surface area contributed by atoms with Crippen molar-refractivity contribution in [2.45, 2.75) is 6.54 Å². The lowest BCUT2D eigenvalue weighted by Gasteiger charge is -1.96. The molecule has 3 aromatic rings. The van der Waals surface area contributed by atoms with E-state index in [1.807, 2.05) is 46.4 Å². The molecule has 6 heteroatoms. The van der Waals surface area contributed by atoms with E-state index in [9.17, 15) is 0 Å². The number of hydrogen-bond acceptors (Lipinski definition) is 4. The molecular weight excluding hydrogens is 280 g/mol. The van der Waals surface area contributed by atoms with Crippen molar-refractivity contribution in [3.05, 3.63) is 58.3 Å². The minimum absolute atomic E-state index is 0.610. The quantitative estimate of drug-likeness (QED) is 0.592. The number of nitrogens with zero attached hydrogens (tertiary/aromatic N) is 3. The third kappa shape index (κ3) is 2.94. The third-order valence-corrected chi connectivity index (χ3v) is 3.60. The topological polar surface area (TPSA) is 41.7 Å². The summed E-state index contributed by atoms with van der Waals surface area (Å²) in [5.74, 6) is 0. The number of rotatable bonds is 4. The molecule has 2 heterocycles. The van der Waals surface area contributed by atoms with E-state index in [4.69, 9.17) is 11.6 Å². The molecule has 4 nitrogen and oxygen atoms in total. The van der Waals surface area contributed by atoms with Crippen molar-refractivity contribution in [1.29, 1.82) is 0 Å². The molecule has 0 saturated carbocycles. The number of thiazole rings is 1. The summed E-state index contributed by atoms with van der Waals surface area (Å²) in [6.07, 6.45) is 5.75.